The van der Waals surface area contributed by atoms with Gasteiger partial charge < -0.3 is 15.1 Å². The molecule has 1 aliphatic heterocycles. The molecule has 5 nitrogen and oxygen atoms in total. The first-order chi connectivity index (χ1) is 6.57. The number of likely N-dealkylation sites (tertiary alicyclic amines) is 1. The summed E-state index contributed by atoms with van der Waals surface area (Å²) in [7, 11) is 0. The SMILES string of the molecule is CCCC(=O)N1CC[C@@H](O)[C@@H]1C(=O)O. The number of carbonyl (C=O) groups is 2. The van der Waals surface area contributed by atoms with Gasteiger partial charge in [-0.3, -0.25) is 4.79 Å². The monoisotopic (exact) mass is 201 g/mol. The van der Waals surface area contributed by atoms with E-state index in [1.165, 1.54) is 4.90 Å². The fraction of sp³-hybridized carbons (Fsp3) is 0.778. The molecule has 1 rings (SSSR count). The lowest BCUT2D eigenvalue weighted by molar-refractivity contribution is -0.151. The minimum absolute atomic E-state index is 0.184. The second-order valence-corrected chi connectivity index (χ2v) is 3.48. The number of nitrogens with zero attached hydrogens (tertiary/aromatic N) is 1. The molecule has 80 valence electrons. The standard InChI is InChI=1S/C9H15NO4/c1-2-3-7(12)10-5-4-6(11)8(10)9(13)14/h6,8,11H,2-5H2,1H3,(H,13,14)/t6-,8-/m1/s1. The van der Waals surface area contributed by atoms with Crippen molar-refractivity contribution in [3.8, 4) is 0 Å². The van der Waals surface area contributed by atoms with Crippen LogP contribution in [0.4, 0.5) is 0 Å². The molecule has 14 heavy (non-hydrogen) atoms. The number of rotatable bonds is 3. The molecule has 1 fully saturated rings. The van der Waals surface area contributed by atoms with Gasteiger partial charge in [-0.15, -0.1) is 0 Å². The van der Waals surface area contributed by atoms with Gasteiger partial charge in [0, 0.05) is 13.0 Å². The van der Waals surface area contributed by atoms with Crippen LogP contribution in [-0.2, 0) is 9.59 Å². The summed E-state index contributed by atoms with van der Waals surface area (Å²) in [6.45, 7) is 2.21. The number of aliphatic carboxylic acids is 1. The predicted molar refractivity (Wildman–Crippen MR) is 48.7 cm³/mol. The Bertz CT molecular complexity index is 241. The van der Waals surface area contributed by atoms with Gasteiger partial charge in [0.15, 0.2) is 6.04 Å². The number of hydrogen-bond acceptors (Lipinski definition) is 3. The van der Waals surface area contributed by atoms with Crippen LogP contribution in [0.5, 0.6) is 0 Å². The number of aliphatic hydroxyl groups excluding tert-OH is 1. The fourth-order valence-electron chi connectivity index (χ4n) is 1.71. The summed E-state index contributed by atoms with van der Waals surface area (Å²) >= 11 is 0. The Morgan fingerprint density at radius 3 is 2.64 bits per heavy atom. The molecule has 0 unspecified atom stereocenters. The number of carbonyl (C=O) groups excluding carboxylic acids is 1. The molecule has 0 radical (unpaired) electrons. The highest BCUT2D eigenvalue weighted by molar-refractivity contribution is 5.84. The molecule has 0 aromatic rings. The van der Waals surface area contributed by atoms with Crippen LogP contribution in [0.1, 0.15) is 26.2 Å². The summed E-state index contributed by atoms with van der Waals surface area (Å²) in [6.07, 6.45) is 0.467. The second kappa shape index (κ2) is 4.41. The topological polar surface area (TPSA) is 77.8 Å². The van der Waals surface area contributed by atoms with Crippen LogP contribution in [0, 0.1) is 0 Å². The number of carboxylic acid groups (broad SMARTS) is 1. The average Bonchev–Trinajstić information content (AvgIpc) is 2.47. The number of hydrogen-bond donors (Lipinski definition) is 2. The number of carboxylic acids is 1. The molecule has 0 aromatic carbocycles. The second-order valence-electron chi connectivity index (χ2n) is 3.48. The van der Waals surface area contributed by atoms with Gasteiger partial charge >= 0.3 is 5.97 Å². The highest BCUT2D eigenvalue weighted by atomic mass is 16.4. The van der Waals surface area contributed by atoms with Gasteiger partial charge in [0.2, 0.25) is 5.91 Å². The quantitative estimate of drug-likeness (QED) is 0.664. The minimum Gasteiger partial charge on any atom is -0.480 e. The largest absolute Gasteiger partial charge is 0.480 e. The molecule has 2 N–H and O–H groups in total. The highest BCUT2D eigenvalue weighted by Crippen LogP contribution is 2.19. The van der Waals surface area contributed by atoms with Gasteiger partial charge in [-0.1, -0.05) is 6.92 Å². The molecule has 0 aromatic heterocycles. The van der Waals surface area contributed by atoms with Crippen molar-refractivity contribution in [2.45, 2.75) is 38.3 Å². The van der Waals surface area contributed by atoms with Gasteiger partial charge in [-0.2, -0.15) is 0 Å². The van der Waals surface area contributed by atoms with Gasteiger partial charge in [0.25, 0.3) is 0 Å². The average molecular weight is 201 g/mol. The van der Waals surface area contributed by atoms with Crippen LogP contribution in [0.25, 0.3) is 0 Å². The normalized spacial score (nSPS) is 26.6. The van der Waals surface area contributed by atoms with E-state index >= 15 is 0 Å². The van der Waals surface area contributed by atoms with E-state index in [2.05, 4.69) is 0 Å². The van der Waals surface area contributed by atoms with E-state index in [-0.39, 0.29) is 5.91 Å². The fourth-order valence-corrected chi connectivity index (χ4v) is 1.71. The molecular weight excluding hydrogens is 186 g/mol. The molecule has 1 aliphatic rings. The Hall–Kier alpha value is -1.10. The number of amides is 1. The summed E-state index contributed by atoms with van der Waals surface area (Å²) in [5.41, 5.74) is 0. The molecule has 0 aliphatic carbocycles. The summed E-state index contributed by atoms with van der Waals surface area (Å²) in [4.78, 5) is 23.5. The van der Waals surface area contributed by atoms with Gasteiger partial charge in [0.1, 0.15) is 0 Å². The summed E-state index contributed by atoms with van der Waals surface area (Å²) in [5.74, 6) is -1.31. The lowest BCUT2D eigenvalue weighted by atomic mass is 10.1. The van der Waals surface area contributed by atoms with E-state index in [4.69, 9.17) is 5.11 Å². The molecule has 1 amide bonds. The summed E-state index contributed by atoms with van der Waals surface area (Å²) in [5, 5.41) is 18.2. The van der Waals surface area contributed by atoms with Crippen molar-refractivity contribution in [1.82, 2.24) is 4.90 Å². The molecule has 2 atom stereocenters. The lowest BCUT2D eigenvalue weighted by Gasteiger charge is -2.22. The third-order valence-corrected chi connectivity index (χ3v) is 2.40. The lowest BCUT2D eigenvalue weighted by Crippen LogP contribution is -2.44. The molecule has 0 saturated carbocycles. The maximum absolute atomic E-state index is 11.5. The van der Waals surface area contributed by atoms with Crippen molar-refractivity contribution in [2.24, 2.45) is 0 Å². The summed E-state index contributed by atoms with van der Waals surface area (Å²) in [6, 6.07) is -1.05. The van der Waals surface area contributed by atoms with Crippen molar-refractivity contribution < 1.29 is 19.8 Å². The molecule has 0 bridgehead atoms. The first kappa shape index (κ1) is 11.0. The van der Waals surface area contributed by atoms with E-state index < -0.39 is 18.1 Å². The first-order valence-corrected chi connectivity index (χ1v) is 4.78. The van der Waals surface area contributed by atoms with Crippen LogP contribution < -0.4 is 0 Å². The van der Waals surface area contributed by atoms with E-state index in [0.717, 1.165) is 0 Å². The molecule has 1 heterocycles. The first-order valence-electron chi connectivity index (χ1n) is 4.78. The Balaban J connectivity index is 2.69. The van der Waals surface area contributed by atoms with Crippen LogP contribution in [0.3, 0.4) is 0 Å². The van der Waals surface area contributed by atoms with E-state index in [9.17, 15) is 14.7 Å². The third-order valence-electron chi connectivity index (χ3n) is 2.40. The zero-order valence-corrected chi connectivity index (χ0v) is 8.14. The van der Waals surface area contributed by atoms with Crippen molar-refractivity contribution in [1.29, 1.82) is 0 Å². The van der Waals surface area contributed by atoms with Crippen LogP contribution in [0.15, 0.2) is 0 Å². The number of aliphatic hydroxyl groups is 1. The minimum atomic E-state index is -1.13. The predicted octanol–water partition coefficient (Wildman–Crippen LogP) is -0.167. The Morgan fingerprint density at radius 1 is 1.50 bits per heavy atom. The van der Waals surface area contributed by atoms with Crippen molar-refractivity contribution in [3.05, 3.63) is 0 Å². The van der Waals surface area contributed by atoms with Crippen LogP contribution in [-0.4, -0.2) is 45.7 Å². The third kappa shape index (κ3) is 2.04. The Morgan fingerprint density at radius 2 is 2.14 bits per heavy atom. The molecule has 5 heteroatoms. The smallest absolute Gasteiger partial charge is 0.329 e. The van der Waals surface area contributed by atoms with Crippen molar-refractivity contribution in [2.75, 3.05) is 6.54 Å². The molecular formula is C9H15NO4. The maximum Gasteiger partial charge on any atom is 0.329 e. The molecule has 0 spiro atoms. The zero-order chi connectivity index (χ0) is 10.7. The van der Waals surface area contributed by atoms with Gasteiger partial charge in [-0.05, 0) is 12.8 Å². The molecule has 1 saturated heterocycles. The van der Waals surface area contributed by atoms with E-state index in [1.54, 1.807) is 0 Å². The van der Waals surface area contributed by atoms with Gasteiger partial charge in [-0.25, -0.2) is 4.79 Å². The maximum atomic E-state index is 11.5. The Labute approximate surface area is 82.3 Å². The van der Waals surface area contributed by atoms with E-state index in [1.807, 2.05) is 6.92 Å². The van der Waals surface area contributed by atoms with Crippen molar-refractivity contribution in [3.63, 3.8) is 0 Å². The van der Waals surface area contributed by atoms with Crippen LogP contribution in [0.2, 0.25) is 0 Å². The van der Waals surface area contributed by atoms with Gasteiger partial charge in [0.05, 0.1) is 6.10 Å². The van der Waals surface area contributed by atoms with Crippen LogP contribution >= 0.6 is 0 Å². The van der Waals surface area contributed by atoms with Crippen molar-refractivity contribution >= 4 is 11.9 Å². The summed E-state index contributed by atoms with van der Waals surface area (Å²) < 4.78 is 0. The Kier molecular flexibility index (Phi) is 3.46. The zero-order valence-electron chi connectivity index (χ0n) is 8.14. The highest BCUT2D eigenvalue weighted by Gasteiger charge is 2.40. The van der Waals surface area contributed by atoms with E-state index in [0.29, 0.717) is 25.8 Å².